The van der Waals surface area contributed by atoms with Crippen molar-refractivity contribution < 1.29 is 4.79 Å². The van der Waals surface area contributed by atoms with Gasteiger partial charge in [0.15, 0.2) is 5.17 Å². The molecule has 1 heterocycles. The minimum Gasteiger partial charge on any atom is -0.333 e. The Balaban J connectivity index is 1.84. The summed E-state index contributed by atoms with van der Waals surface area (Å²) >= 11 is 7.52. The number of amidine groups is 1. The van der Waals surface area contributed by atoms with Crippen molar-refractivity contribution in [3.05, 3.63) is 65.2 Å². The number of anilines is 1. The van der Waals surface area contributed by atoms with E-state index in [4.69, 9.17) is 11.6 Å². The maximum absolute atomic E-state index is 12.3. The highest BCUT2D eigenvalue weighted by atomic mass is 35.5. The maximum Gasteiger partial charge on any atom is 0.269 e. The van der Waals surface area contributed by atoms with Crippen LogP contribution in [0.15, 0.2) is 59.6 Å². The van der Waals surface area contributed by atoms with Crippen LogP contribution in [0.3, 0.4) is 0 Å². The summed E-state index contributed by atoms with van der Waals surface area (Å²) in [6.07, 6.45) is 0. The SMILES string of the molecule is C[C@]1(c2ccccc2)SC(Nc2ccccc2Cl)=NC1=O. The first kappa shape index (κ1) is 14.2. The van der Waals surface area contributed by atoms with Crippen molar-refractivity contribution in [1.82, 2.24) is 0 Å². The van der Waals surface area contributed by atoms with E-state index in [9.17, 15) is 4.79 Å². The zero-order valence-corrected chi connectivity index (χ0v) is 12.9. The second-order valence-corrected chi connectivity index (χ2v) is 6.64. The molecule has 1 amide bonds. The molecule has 3 rings (SSSR count). The Kier molecular flexibility index (Phi) is 3.74. The first-order valence-corrected chi connectivity index (χ1v) is 7.68. The average molecular weight is 317 g/mol. The number of rotatable bonds is 2. The van der Waals surface area contributed by atoms with E-state index < -0.39 is 4.75 Å². The lowest BCUT2D eigenvalue weighted by Gasteiger charge is -2.20. The van der Waals surface area contributed by atoms with E-state index in [1.807, 2.05) is 55.5 Å². The summed E-state index contributed by atoms with van der Waals surface area (Å²) in [7, 11) is 0. The Labute approximate surface area is 132 Å². The van der Waals surface area contributed by atoms with Gasteiger partial charge in [-0.05, 0) is 24.6 Å². The van der Waals surface area contributed by atoms with Gasteiger partial charge in [-0.3, -0.25) is 4.79 Å². The van der Waals surface area contributed by atoms with Crippen LogP contribution in [0.4, 0.5) is 5.69 Å². The Morgan fingerprint density at radius 2 is 1.76 bits per heavy atom. The molecule has 1 atom stereocenters. The summed E-state index contributed by atoms with van der Waals surface area (Å²) in [4.78, 5) is 16.4. The van der Waals surface area contributed by atoms with Crippen LogP contribution in [0.2, 0.25) is 5.02 Å². The molecule has 0 saturated heterocycles. The topological polar surface area (TPSA) is 41.5 Å². The van der Waals surface area contributed by atoms with Crippen LogP contribution in [0, 0.1) is 0 Å². The molecule has 3 nitrogen and oxygen atoms in total. The standard InChI is InChI=1S/C16H13ClN2OS/c1-16(11-7-3-2-4-8-11)14(20)19-15(21-16)18-13-10-6-5-9-12(13)17/h2-10H,1H3,(H,18,19,20)/t16-/m1/s1. The number of halogens is 1. The van der Waals surface area contributed by atoms with Gasteiger partial charge < -0.3 is 5.32 Å². The van der Waals surface area contributed by atoms with E-state index in [1.165, 1.54) is 11.8 Å². The number of nitrogens with one attached hydrogen (secondary N) is 1. The third-order valence-corrected chi connectivity index (χ3v) is 4.89. The van der Waals surface area contributed by atoms with Crippen LogP contribution in [0.1, 0.15) is 12.5 Å². The van der Waals surface area contributed by atoms with Crippen LogP contribution < -0.4 is 5.32 Å². The number of para-hydroxylation sites is 1. The predicted octanol–water partition coefficient (Wildman–Crippen LogP) is 4.30. The van der Waals surface area contributed by atoms with Gasteiger partial charge in [0.2, 0.25) is 0 Å². The first-order chi connectivity index (χ1) is 10.1. The van der Waals surface area contributed by atoms with E-state index in [0.717, 1.165) is 11.3 Å². The van der Waals surface area contributed by atoms with Gasteiger partial charge in [0.25, 0.3) is 5.91 Å². The van der Waals surface area contributed by atoms with Gasteiger partial charge in [0, 0.05) is 0 Å². The Morgan fingerprint density at radius 3 is 2.48 bits per heavy atom. The number of amides is 1. The minimum absolute atomic E-state index is 0.159. The van der Waals surface area contributed by atoms with Gasteiger partial charge in [-0.25, -0.2) is 0 Å². The molecule has 0 spiro atoms. The van der Waals surface area contributed by atoms with Crippen LogP contribution in [0.5, 0.6) is 0 Å². The molecular formula is C16H13ClN2OS. The fourth-order valence-electron chi connectivity index (χ4n) is 2.13. The Bertz CT molecular complexity index is 717. The number of nitrogens with zero attached hydrogens (tertiary/aromatic N) is 1. The molecule has 0 aliphatic carbocycles. The molecule has 1 N–H and O–H groups in total. The molecule has 1 aliphatic rings. The lowest BCUT2D eigenvalue weighted by molar-refractivity contribution is -0.119. The Hall–Kier alpha value is -1.78. The lowest BCUT2D eigenvalue weighted by atomic mass is 10.00. The summed E-state index contributed by atoms with van der Waals surface area (Å²) in [5.41, 5.74) is 1.69. The van der Waals surface area contributed by atoms with Gasteiger partial charge in [0.05, 0.1) is 10.7 Å². The summed E-state index contributed by atoms with van der Waals surface area (Å²) in [5.74, 6) is -0.159. The van der Waals surface area contributed by atoms with Gasteiger partial charge in [0.1, 0.15) is 4.75 Å². The highest BCUT2D eigenvalue weighted by molar-refractivity contribution is 8.16. The van der Waals surface area contributed by atoms with Gasteiger partial charge in [-0.15, -0.1) is 0 Å². The van der Waals surface area contributed by atoms with Crippen LogP contribution in [-0.2, 0) is 9.54 Å². The van der Waals surface area contributed by atoms with Crippen molar-refractivity contribution in [2.75, 3.05) is 5.32 Å². The van der Waals surface area contributed by atoms with Crippen LogP contribution in [0.25, 0.3) is 0 Å². The lowest BCUT2D eigenvalue weighted by Crippen LogP contribution is -2.24. The van der Waals surface area contributed by atoms with Crippen molar-refractivity contribution in [3.63, 3.8) is 0 Å². The molecule has 2 aromatic rings. The highest BCUT2D eigenvalue weighted by Gasteiger charge is 2.42. The largest absolute Gasteiger partial charge is 0.333 e. The number of hydrogen-bond acceptors (Lipinski definition) is 3. The molecule has 106 valence electrons. The predicted molar refractivity (Wildman–Crippen MR) is 88.9 cm³/mol. The molecule has 0 unspecified atom stereocenters. The molecular weight excluding hydrogens is 304 g/mol. The first-order valence-electron chi connectivity index (χ1n) is 6.49. The molecule has 5 heteroatoms. The molecule has 21 heavy (non-hydrogen) atoms. The van der Waals surface area contributed by atoms with Crippen LogP contribution >= 0.6 is 23.4 Å². The zero-order valence-electron chi connectivity index (χ0n) is 11.3. The Morgan fingerprint density at radius 1 is 1.10 bits per heavy atom. The van der Waals surface area contributed by atoms with E-state index >= 15 is 0 Å². The second-order valence-electron chi connectivity index (χ2n) is 4.83. The second kappa shape index (κ2) is 5.54. The minimum atomic E-state index is -0.690. The number of carbonyl (C=O) groups excluding carboxylic acids is 1. The van der Waals surface area contributed by atoms with E-state index in [0.29, 0.717) is 10.2 Å². The summed E-state index contributed by atoms with van der Waals surface area (Å²) < 4.78 is -0.690. The summed E-state index contributed by atoms with van der Waals surface area (Å²) in [6.45, 7) is 1.89. The van der Waals surface area contributed by atoms with Gasteiger partial charge in [-0.2, -0.15) is 4.99 Å². The van der Waals surface area contributed by atoms with Gasteiger partial charge >= 0.3 is 0 Å². The molecule has 1 aliphatic heterocycles. The molecule has 0 saturated carbocycles. The van der Waals surface area contributed by atoms with Gasteiger partial charge in [-0.1, -0.05) is 65.8 Å². The number of aliphatic imine (C=N–C) groups is 1. The normalized spacial score (nSPS) is 21.2. The molecule has 0 fully saturated rings. The third kappa shape index (κ3) is 2.69. The fraction of sp³-hybridized carbons (Fsp3) is 0.125. The van der Waals surface area contributed by atoms with Crippen molar-refractivity contribution in [2.24, 2.45) is 4.99 Å². The quantitative estimate of drug-likeness (QED) is 0.898. The van der Waals surface area contributed by atoms with Crippen LogP contribution in [-0.4, -0.2) is 11.1 Å². The van der Waals surface area contributed by atoms with E-state index in [2.05, 4.69) is 10.3 Å². The monoisotopic (exact) mass is 316 g/mol. The van der Waals surface area contributed by atoms with E-state index in [-0.39, 0.29) is 5.91 Å². The number of benzene rings is 2. The number of hydrogen-bond donors (Lipinski definition) is 1. The maximum atomic E-state index is 12.3. The average Bonchev–Trinajstić information content (AvgIpc) is 2.78. The van der Waals surface area contributed by atoms with Crippen molar-refractivity contribution >= 4 is 40.1 Å². The third-order valence-electron chi connectivity index (χ3n) is 3.35. The molecule has 2 aromatic carbocycles. The van der Waals surface area contributed by atoms with Crippen molar-refractivity contribution in [1.29, 1.82) is 0 Å². The molecule has 0 bridgehead atoms. The van der Waals surface area contributed by atoms with Crippen molar-refractivity contribution in [2.45, 2.75) is 11.7 Å². The highest BCUT2D eigenvalue weighted by Crippen LogP contribution is 2.43. The molecule has 0 radical (unpaired) electrons. The zero-order chi connectivity index (χ0) is 14.9. The van der Waals surface area contributed by atoms with E-state index in [1.54, 1.807) is 6.07 Å². The summed E-state index contributed by atoms with van der Waals surface area (Å²) in [6, 6.07) is 17.1. The smallest absolute Gasteiger partial charge is 0.269 e. The fourth-order valence-corrected chi connectivity index (χ4v) is 3.37. The number of carbonyl (C=O) groups is 1. The van der Waals surface area contributed by atoms with Crippen molar-refractivity contribution in [3.8, 4) is 0 Å². The summed E-state index contributed by atoms with van der Waals surface area (Å²) in [5, 5.41) is 4.29. The molecule has 0 aromatic heterocycles. The number of thioether (sulfide) groups is 1.